The maximum absolute atomic E-state index is 11.8. The van der Waals surface area contributed by atoms with Crippen LogP contribution in [0.3, 0.4) is 0 Å². The van der Waals surface area contributed by atoms with Crippen LogP contribution in [0.1, 0.15) is 32.3 Å². The summed E-state index contributed by atoms with van der Waals surface area (Å²) in [7, 11) is 0. The third-order valence-electron chi connectivity index (χ3n) is 4.61. The Labute approximate surface area is 144 Å². The summed E-state index contributed by atoms with van der Waals surface area (Å²) in [4.78, 5) is 30.0. The number of carbonyl (C=O) groups excluding carboxylic acids is 2. The molecule has 2 aliphatic rings. The Hall–Kier alpha value is -2.21. The van der Waals surface area contributed by atoms with E-state index >= 15 is 0 Å². The summed E-state index contributed by atoms with van der Waals surface area (Å²) in [5, 5.41) is 5.51. The highest BCUT2D eigenvalue weighted by atomic mass is 32.1. The van der Waals surface area contributed by atoms with Gasteiger partial charge in [0.2, 0.25) is 11.8 Å². The number of carbonyl (C=O) groups is 2. The first kappa shape index (κ1) is 15.3. The summed E-state index contributed by atoms with van der Waals surface area (Å²) in [5.41, 5.74) is 4.06. The second kappa shape index (κ2) is 5.70. The predicted molar refractivity (Wildman–Crippen MR) is 95.2 cm³/mol. The second-order valence-corrected chi connectivity index (χ2v) is 7.45. The number of aromatic nitrogens is 1. The van der Waals surface area contributed by atoms with E-state index in [1.165, 1.54) is 16.9 Å². The smallest absolute Gasteiger partial charge is 0.229 e. The summed E-state index contributed by atoms with van der Waals surface area (Å²) < 4.78 is 0. The van der Waals surface area contributed by atoms with Crippen molar-refractivity contribution < 1.29 is 9.59 Å². The van der Waals surface area contributed by atoms with E-state index in [1.54, 1.807) is 6.92 Å². The van der Waals surface area contributed by atoms with Gasteiger partial charge in [-0.05, 0) is 43.9 Å². The highest BCUT2D eigenvalue weighted by molar-refractivity contribution is 7.14. The van der Waals surface area contributed by atoms with Crippen molar-refractivity contribution in [2.45, 2.75) is 39.2 Å². The summed E-state index contributed by atoms with van der Waals surface area (Å²) >= 11 is 1.45. The van der Waals surface area contributed by atoms with Gasteiger partial charge in [-0.2, -0.15) is 0 Å². The van der Waals surface area contributed by atoms with Crippen molar-refractivity contribution in [2.24, 2.45) is 5.92 Å². The molecule has 2 aromatic rings. The Bertz CT molecular complexity index is 825. The lowest BCUT2D eigenvalue weighted by molar-refractivity contribution is -0.117. The van der Waals surface area contributed by atoms with Crippen molar-refractivity contribution in [3.8, 4) is 11.3 Å². The van der Waals surface area contributed by atoms with Gasteiger partial charge in [-0.25, -0.2) is 4.98 Å². The molecule has 1 atom stereocenters. The third kappa shape index (κ3) is 2.71. The molecule has 2 amide bonds. The molecular formula is C18H19N3O2S. The number of amides is 2. The monoisotopic (exact) mass is 341 g/mol. The maximum atomic E-state index is 11.8. The number of thiazole rings is 1. The number of benzene rings is 1. The Morgan fingerprint density at radius 1 is 1.33 bits per heavy atom. The fraction of sp³-hybridized carbons (Fsp3) is 0.389. The normalized spacial score (nSPS) is 19.2. The molecule has 1 aliphatic heterocycles. The molecule has 0 bridgehead atoms. The van der Waals surface area contributed by atoms with Crippen LogP contribution in [0.15, 0.2) is 23.6 Å². The van der Waals surface area contributed by atoms with E-state index in [4.69, 9.17) is 0 Å². The van der Waals surface area contributed by atoms with Crippen LogP contribution in [-0.2, 0) is 16.0 Å². The van der Waals surface area contributed by atoms with Crippen LogP contribution in [0.2, 0.25) is 0 Å². The Morgan fingerprint density at radius 2 is 2.12 bits per heavy atom. The van der Waals surface area contributed by atoms with Gasteiger partial charge in [0.05, 0.1) is 5.69 Å². The van der Waals surface area contributed by atoms with Crippen LogP contribution in [0.5, 0.6) is 0 Å². The Kier molecular flexibility index (Phi) is 3.64. The number of fused-ring (bicyclic) bond motifs is 1. The van der Waals surface area contributed by atoms with Crippen molar-refractivity contribution >= 4 is 34.0 Å². The Balaban J connectivity index is 1.57. The molecule has 0 spiro atoms. The van der Waals surface area contributed by atoms with Gasteiger partial charge in [0.1, 0.15) is 0 Å². The zero-order valence-electron chi connectivity index (χ0n) is 13.7. The molecule has 1 aromatic carbocycles. The van der Waals surface area contributed by atoms with E-state index in [0.717, 1.165) is 36.2 Å². The first-order chi connectivity index (χ1) is 11.5. The molecule has 1 fully saturated rings. The molecule has 2 heterocycles. The molecule has 124 valence electrons. The van der Waals surface area contributed by atoms with Gasteiger partial charge in [0, 0.05) is 35.5 Å². The van der Waals surface area contributed by atoms with Crippen molar-refractivity contribution in [3.63, 3.8) is 0 Å². The molecule has 1 N–H and O–H groups in total. The van der Waals surface area contributed by atoms with Crippen LogP contribution in [0, 0.1) is 5.92 Å². The molecule has 1 aliphatic carbocycles. The lowest BCUT2D eigenvalue weighted by Crippen LogP contribution is -2.33. The van der Waals surface area contributed by atoms with Crippen LogP contribution in [0.25, 0.3) is 11.3 Å². The molecule has 0 radical (unpaired) electrons. The predicted octanol–water partition coefficient (Wildman–Crippen LogP) is 3.46. The van der Waals surface area contributed by atoms with E-state index in [2.05, 4.69) is 23.3 Å². The van der Waals surface area contributed by atoms with Crippen molar-refractivity contribution in [3.05, 3.63) is 29.1 Å². The van der Waals surface area contributed by atoms with Gasteiger partial charge >= 0.3 is 0 Å². The first-order valence-electron chi connectivity index (χ1n) is 8.22. The van der Waals surface area contributed by atoms with Crippen LogP contribution in [0.4, 0.5) is 10.8 Å². The van der Waals surface area contributed by atoms with Crippen LogP contribution < -0.4 is 10.2 Å². The topological polar surface area (TPSA) is 62.3 Å². The van der Waals surface area contributed by atoms with Crippen LogP contribution >= 0.6 is 11.3 Å². The maximum Gasteiger partial charge on any atom is 0.229 e. The van der Waals surface area contributed by atoms with E-state index in [9.17, 15) is 9.59 Å². The number of hydrogen-bond donors (Lipinski definition) is 1. The fourth-order valence-corrected chi connectivity index (χ4v) is 4.01. The molecule has 0 unspecified atom stereocenters. The van der Waals surface area contributed by atoms with Crippen molar-refractivity contribution in [1.29, 1.82) is 0 Å². The van der Waals surface area contributed by atoms with Crippen LogP contribution in [-0.4, -0.2) is 22.8 Å². The average Bonchev–Trinajstić information content (AvgIpc) is 3.20. The van der Waals surface area contributed by atoms with Crippen molar-refractivity contribution in [1.82, 2.24) is 4.98 Å². The molecule has 24 heavy (non-hydrogen) atoms. The summed E-state index contributed by atoms with van der Waals surface area (Å²) in [5.74, 6) is 0.333. The minimum atomic E-state index is 0.0766. The summed E-state index contributed by atoms with van der Waals surface area (Å²) in [6.45, 7) is 3.67. The number of rotatable bonds is 3. The highest BCUT2D eigenvalue weighted by Crippen LogP contribution is 2.36. The number of hydrogen-bond acceptors (Lipinski definition) is 4. The van der Waals surface area contributed by atoms with E-state index in [-0.39, 0.29) is 23.8 Å². The largest absolute Gasteiger partial charge is 0.309 e. The molecule has 6 heteroatoms. The molecule has 0 saturated heterocycles. The quantitative estimate of drug-likeness (QED) is 0.930. The Morgan fingerprint density at radius 3 is 2.83 bits per heavy atom. The lowest BCUT2D eigenvalue weighted by Gasteiger charge is -2.20. The van der Waals surface area contributed by atoms with Gasteiger partial charge in [-0.1, -0.05) is 6.07 Å². The first-order valence-corrected chi connectivity index (χ1v) is 9.10. The molecule has 5 nitrogen and oxygen atoms in total. The molecule has 1 saturated carbocycles. The summed E-state index contributed by atoms with van der Waals surface area (Å²) in [6, 6.07) is 6.29. The molecule has 4 rings (SSSR count). The minimum absolute atomic E-state index is 0.0766. The van der Waals surface area contributed by atoms with Gasteiger partial charge in [0.15, 0.2) is 5.13 Å². The average molecular weight is 341 g/mol. The minimum Gasteiger partial charge on any atom is -0.309 e. The lowest BCUT2D eigenvalue weighted by atomic mass is 10.1. The molecular weight excluding hydrogens is 322 g/mol. The number of anilines is 2. The fourth-order valence-electron chi connectivity index (χ4n) is 3.29. The summed E-state index contributed by atoms with van der Waals surface area (Å²) in [6.07, 6.45) is 2.83. The highest BCUT2D eigenvalue weighted by Gasteiger charge is 2.31. The SMILES string of the molecule is CC(=O)N1c2ccc(-c3csc(NC(=O)C4CC4)n3)cc2C[C@@H]1C. The number of nitrogens with zero attached hydrogens (tertiary/aromatic N) is 2. The molecule has 1 aromatic heterocycles. The standard InChI is InChI=1S/C18H19N3O2S/c1-10-7-14-8-13(5-6-16(14)21(10)11(2)22)15-9-24-18(19-15)20-17(23)12-3-4-12/h5-6,8-10,12H,3-4,7H2,1-2H3,(H,19,20,23)/t10-/m0/s1. The van der Waals surface area contributed by atoms with E-state index < -0.39 is 0 Å². The zero-order valence-corrected chi connectivity index (χ0v) is 14.5. The van der Waals surface area contributed by atoms with E-state index in [1.807, 2.05) is 22.4 Å². The van der Waals surface area contributed by atoms with Gasteiger partial charge < -0.3 is 10.2 Å². The van der Waals surface area contributed by atoms with Gasteiger partial charge in [-0.3, -0.25) is 9.59 Å². The third-order valence-corrected chi connectivity index (χ3v) is 5.37. The zero-order chi connectivity index (χ0) is 16.8. The number of nitrogens with one attached hydrogen (secondary N) is 1. The van der Waals surface area contributed by atoms with E-state index in [0.29, 0.717) is 5.13 Å². The van der Waals surface area contributed by atoms with Gasteiger partial charge in [-0.15, -0.1) is 11.3 Å². The van der Waals surface area contributed by atoms with Gasteiger partial charge in [0.25, 0.3) is 0 Å². The second-order valence-electron chi connectivity index (χ2n) is 6.59. The van der Waals surface area contributed by atoms with Crippen molar-refractivity contribution in [2.75, 3.05) is 10.2 Å².